The van der Waals surface area contributed by atoms with E-state index in [1.54, 1.807) is 22.7 Å². The van der Waals surface area contributed by atoms with Crippen molar-refractivity contribution >= 4 is 17.2 Å². The normalized spacial score (nSPS) is 12.0. The highest BCUT2D eigenvalue weighted by atomic mass is 35.5. The molecular weight excluding hydrogens is 303 g/mol. The molecule has 0 aliphatic carbocycles. The molecule has 2 heterocycles. The topological polar surface area (TPSA) is 30.2 Å². The summed E-state index contributed by atoms with van der Waals surface area (Å²) >= 11 is 5.86. The number of rotatable bonds is 2. The Morgan fingerprint density at radius 1 is 1.05 bits per heavy atom. The first-order chi connectivity index (χ1) is 9.93. The van der Waals surface area contributed by atoms with Crippen LogP contribution in [0.3, 0.4) is 0 Å². The van der Waals surface area contributed by atoms with E-state index in [1.165, 1.54) is 12.1 Å². The van der Waals surface area contributed by atoms with Crippen LogP contribution in [0, 0.1) is 0 Å². The lowest BCUT2D eigenvalue weighted by molar-refractivity contribution is -0.137. The van der Waals surface area contributed by atoms with E-state index >= 15 is 0 Å². The minimum Gasteiger partial charge on any atom is -0.286 e. The van der Waals surface area contributed by atoms with Crippen LogP contribution in [0.5, 0.6) is 0 Å². The van der Waals surface area contributed by atoms with Gasteiger partial charge in [0.15, 0.2) is 5.65 Å². The van der Waals surface area contributed by atoms with Gasteiger partial charge in [-0.15, -0.1) is 10.2 Å². The van der Waals surface area contributed by atoms with Gasteiger partial charge in [-0.2, -0.15) is 13.2 Å². The summed E-state index contributed by atoms with van der Waals surface area (Å²) in [7, 11) is 0. The van der Waals surface area contributed by atoms with Crippen molar-refractivity contribution in [3.63, 3.8) is 0 Å². The van der Waals surface area contributed by atoms with Crippen LogP contribution in [0.25, 0.3) is 5.65 Å². The van der Waals surface area contributed by atoms with Gasteiger partial charge in [-0.25, -0.2) is 0 Å². The molecule has 0 N–H and O–H groups in total. The van der Waals surface area contributed by atoms with E-state index in [-0.39, 0.29) is 0 Å². The zero-order valence-corrected chi connectivity index (χ0v) is 11.4. The average Bonchev–Trinajstić information content (AvgIpc) is 2.80. The molecule has 0 saturated heterocycles. The summed E-state index contributed by atoms with van der Waals surface area (Å²) < 4.78 is 39.3. The van der Waals surface area contributed by atoms with Crippen LogP contribution in [0.1, 0.15) is 17.0 Å². The molecule has 0 saturated carbocycles. The predicted octanol–water partition coefficient (Wildman–Crippen LogP) is 3.99. The maximum Gasteiger partial charge on any atom is 0.416 e. The SMILES string of the molecule is FC(F)(F)c1ccc(Cc2nnc3cc(Cl)ccn23)cc1. The van der Waals surface area contributed by atoms with Gasteiger partial charge in [-0.1, -0.05) is 23.7 Å². The molecular formula is C14H9ClF3N3. The molecule has 0 bridgehead atoms. The molecule has 0 amide bonds. The molecule has 21 heavy (non-hydrogen) atoms. The summed E-state index contributed by atoms with van der Waals surface area (Å²) in [6.07, 6.45) is -2.20. The number of pyridine rings is 1. The Morgan fingerprint density at radius 2 is 1.76 bits per heavy atom. The molecule has 0 aliphatic rings. The highest BCUT2D eigenvalue weighted by Gasteiger charge is 2.29. The zero-order chi connectivity index (χ0) is 15.0. The van der Waals surface area contributed by atoms with E-state index in [1.807, 2.05) is 0 Å². The molecule has 0 fully saturated rings. The fourth-order valence-corrected chi connectivity index (χ4v) is 2.18. The lowest BCUT2D eigenvalue weighted by Crippen LogP contribution is -2.05. The maximum atomic E-state index is 12.5. The minimum atomic E-state index is -4.32. The summed E-state index contributed by atoms with van der Waals surface area (Å²) in [6, 6.07) is 8.39. The smallest absolute Gasteiger partial charge is 0.286 e. The third-order valence-electron chi connectivity index (χ3n) is 3.09. The van der Waals surface area contributed by atoms with Gasteiger partial charge < -0.3 is 0 Å². The van der Waals surface area contributed by atoms with Crippen molar-refractivity contribution in [3.8, 4) is 0 Å². The Balaban J connectivity index is 1.88. The van der Waals surface area contributed by atoms with Gasteiger partial charge in [-0.3, -0.25) is 4.40 Å². The molecule has 0 radical (unpaired) electrons. The second-order valence-corrected chi connectivity index (χ2v) is 5.00. The number of alkyl halides is 3. The molecule has 2 aromatic heterocycles. The Labute approximate surface area is 123 Å². The third-order valence-corrected chi connectivity index (χ3v) is 3.32. The average molecular weight is 312 g/mol. The molecule has 0 spiro atoms. The third kappa shape index (κ3) is 2.85. The fourth-order valence-electron chi connectivity index (χ4n) is 2.03. The van der Waals surface area contributed by atoms with E-state index in [0.717, 1.165) is 17.7 Å². The monoisotopic (exact) mass is 311 g/mol. The van der Waals surface area contributed by atoms with E-state index in [0.29, 0.717) is 22.9 Å². The van der Waals surface area contributed by atoms with Crippen molar-refractivity contribution in [2.75, 3.05) is 0 Å². The highest BCUT2D eigenvalue weighted by Crippen LogP contribution is 2.29. The van der Waals surface area contributed by atoms with Crippen LogP contribution in [-0.2, 0) is 12.6 Å². The van der Waals surface area contributed by atoms with Gasteiger partial charge in [-0.05, 0) is 23.8 Å². The molecule has 3 nitrogen and oxygen atoms in total. The largest absolute Gasteiger partial charge is 0.416 e. The molecule has 3 rings (SSSR count). The predicted molar refractivity (Wildman–Crippen MR) is 72.2 cm³/mol. The number of hydrogen-bond donors (Lipinski definition) is 0. The lowest BCUT2D eigenvalue weighted by atomic mass is 10.1. The molecule has 0 atom stereocenters. The van der Waals surface area contributed by atoms with Crippen LogP contribution in [0.2, 0.25) is 5.02 Å². The summed E-state index contributed by atoms with van der Waals surface area (Å²) in [4.78, 5) is 0. The minimum absolute atomic E-state index is 0.390. The van der Waals surface area contributed by atoms with Crippen molar-refractivity contribution in [1.29, 1.82) is 0 Å². The summed E-state index contributed by atoms with van der Waals surface area (Å²) in [5.41, 5.74) is 0.667. The molecule has 108 valence electrons. The number of aromatic nitrogens is 3. The number of hydrogen-bond acceptors (Lipinski definition) is 2. The highest BCUT2D eigenvalue weighted by molar-refractivity contribution is 6.30. The molecule has 0 unspecified atom stereocenters. The van der Waals surface area contributed by atoms with Gasteiger partial charge in [0.25, 0.3) is 0 Å². The molecule has 0 aliphatic heterocycles. The van der Waals surface area contributed by atoms with Gasteiger partial charge in [0, 0.05) is 23.7 Å². The molecule has 7 heteroatoms. The first-order valence-corrected chi connectivity index (χ1v) is 6.46. The quantitative estimate of drug-likeness (QED) is 0.716. The van der Waals surface area contributed by atoms with Crippen LogP contribution >= 0.6 is 11.6 Å². The molecule has 3 aromatic rings. The summed E-state index contributed by atoms with van der Waals surface area (Å²) in [6.45, 7) is 0. The van der Waals surface area contributed by atoms with Crippen LogP contribution < -0.4 is 0 Å². The summed E-state index contributed by atoms with van der Waals surface area (Å²) in [5.74, 6) is 0.640. The van der Waals surface area contributed by atoms with Crippen molar-refractivity contribution in [1.82, 2.24) is 14.6 Å². The number of halogens is 4. The first kappa shape index (κ1) is 13.9. The van der Waals surface area contributed by atoms with E-state index < -0.39 is 11.7 Å². The Kier molecular flexibility index (Phi) is 3.33. The van der Waals surface area contributed by atoms with Gasteiger partial charge in [0.1, 0.15) is 5.82 Å². The van der Waals surface area contributed by atoms with E-state index in [9.17, 15) is 13.2 Å². The van der Waals surface area contributed by atoms with Crippen molar-refractivity contribution in [2.45, 2.75) is 12.6 Å². The first-order valence-electron chi connectivity index (χ1n) is 6.09. The van der Waals surface area contributed by atoms with Crippen molar-refractivity contribution in [2.24, 2.45) is 0 Å². The van der Waals surface area contributed by atoms with E-state index in [2.05, 4.69) is 10.2 Å². The maximum absolute atomic E-state index is 12.5. The molecule has 1 aromatic carbocycles. The number of benzene rings is 1. The second kappa shape index (κ2) is 5.04. The van der Waals surface area contributed by atoms with Gasteiger partial charge in [0.05, 0.1) is 5.56 Å². The Hall–Kier alpha value is -2.08. The van der Waals surface area contributed by atoms with Crippen LogP contribution in [-0.4, -0.2) is 14.6 Å². The van der Waals surface area contributed by atoms with Gasteiger partial charge in [0.2, 0.25) is 0 Å². The standard InChI is InChI=1S/C14H9ClF3N3/c15-11-5-6-21-12(19-20-13(21)8-11)7-9-1-3-10(4-2-9)14(16,17)18/h1-6,8H,7H2. The summed E-state index contributed by atoms with van der Waals surface area (Å²) in [5, 5.41) is 8.57. The van der Waals surface area contributed by atoms with Crippen LogP contribution in [0.4, 0.5) is 13.2 Å². The van der Waals surface area contributed by atoms with Gasteiger partial charge >= 0.3 is 6.18 Å². The Morgan fingerprint density at radius 3 is 2.43 bits per heavy atom. The Bertz CT molecular complexity index is 778. The van der Waals surface area contributed by atoms with Crippen molar-refractivity contribution < 1.29 is 13.2 Å². The second-order valence-electron chi connectivity index (χ2n) is 4.56. The zero-order valence-electron chi connectivity index (χ0n) is 10.6. The number of fused-ring (bicyclic) bond motifs is 1. The lowest BCUT2D eigenvalue weighted by Gasteiger charge is -2.07. The van der Waals surface area contributed by atoms with E-state index in [4.69, 9.17) is 11.6 Å². The van der Waals surface area contributed by atoms with Crippen molar-refractivity contribution in [3.05, 3.63) is 64.6 Å². The fraction of sp³-hybridized carbons (Fsp3) is 0.143. The number of nitrogens with zero attached hydrogens (tertiary/aromatic N) is 3. The van der Waals surface area contributed by atoms with Crippen LogP contribution in [0.15, 0.2) is 42.6 Å².